The van der Waals surface area contributed by atoms with Gasteiger partial charge in [0.1, 0.15) is 51.0 Å². The van der Waals surface area contributed by atoms with E-state index < -0.39 is 54.4 Å². The summed E-state index contributed by atoms with van der Waals surface area (Å²) in [6.45, 7) is 2.41. The van der Waals surface area contributed by atoms with Gasteiger partial charge in [-0.25, -0.2) is 33.6 Å². The summed E-state index contributed by atoms with van der Waals surface area (Å²) in [7, 11) is 0. The predicted octanol–water partition coefficient (Wildman–Crippen LogP) is 25.6. The molecule has 0 spiro atoms. The molecule has 5 aliphatic carbocycles. The van der Waals surface area contributed by atoms with E-state index in [9.17, 15) is 43.5 Å². The van der Waals surface area contributed by atoms with Gasteiger partial charge in [-0.2, -0.15) is 0 Å². The van der Waals surface area contributed by atoms with E-state index in [1.807, 2.05) is 224 Å². The number of amides is 7. The summed E-state index contributed by atoms with van der Waals surface area (Å²) in [6, 6.07) is 86.7. The zero-order chi connectivity index (χ0) is 92.2. The molecule has 0 aromatic heterocycles. The summed E-state index contributed by atoms with van der Waals surface area (Å²) >= 11 is 3.33. The fourth-order valence-corrected chi connectivity index (χ4v) is 16.5. The molecule has 3 saturated carbocycles. The van der Waals surface area contributed by atoms with Crippen LogP contribution in [0.2, 0.25) is 0 Å². The number of alkyl carbamates (subject to hydrolysis) is 2. The fourth-order valence-electron chi connectivity index (χ4n) is 16.2. The van der Waals surface area contributed by atoms with Crippen LogP contribution in [-0.4, -0.2) is 91.9 Å². The molecule has 6 N–H and O–H groups in total. The van der Waals surface area contributed by atoms with Gasteiger partial charge in [-0.05, 0) is 230 Å². The van der Waals surface area contributed by atoms with Crippen molar-refractivity contribution in [3.05, 3.63) is 340 Å². The Hall–Kier alpha value is -13.3. The number of ketones is 1. The zero-order valence-corrected chi connectivity index (χ0v) is 76.4. The van der Waals surface area contributed by atoms with Gasteiger partial charge in [0.05, 0.1) is 31.8 Å². The van der Waals surface area contributed by atoms with Crippen molar-refractivity contribution in [2.75, 3.05) is 51.9 Å². The Balaban J connectivity index is 0.000000147. The molecule has 690 valence electrons. The Kier molecular flexibility index (Phi) is 39.3. The predicted molar refractivity (Wildman–Crippen MR) is 519 cm³/mol. The number of carbonyl (C=O) groups is 8. The van der Waals surface area contributed by atoms with Crippen LogP contribution in [-0.2, 0) is 76.6 Å². The molecular formula is C108H120BrN7O16. The molecule has 2 atom stereocenters. The number of anilines is 5. The Morgan fingerprint density at radius 2 is 0.689 bits per heavy atom. The minimum Gasteiger partial charge on any atom is -0.445 e. The summed E-state index contributed by atoms with van der Waals surface area (Å²) < 4.78 is 37.7. The van der Waals surface area contributed by atoms with E-state index in [1.54, 1.807) is 21.9 Å². The van der Waals surface area contributed by atoms with Gasteiger partial charge >= 0.3 is 42.7 Å². The van der Waals surface area contributed by atoms with Crippen LogP contribution in [0.4, 0.5) is 62.0 Å². The molecule has 2 saturated heterocycles. The van der Waals surface area contributed by atoms with E-state index >= 15 is 0 Å². The monoisotopic (exact) mass is 1850 g/mol. The Morgan fingerprint density at radius 3 is 1.05 bits per heavy atom. The third kappa shape index (κ3) is 33.6. The second-order valence-electron chi connectivity index (χ2n) is 33.5. The van der Waals surface area contributed by atoms with Gasteiger partial charge < -0.3 is 48.9 Å². The highest BCUT2D eigenvalue weighted by Gasteiger charge is 2.35. The Labute approximate surface area is 782 Å². The van der Waals surface area contributed by atoms with Crippen LogP contribution in [0.25, 0.3) is 11.1 Å². The zero-order valence-electron chi connectivity index (χ0n) is 74.8. The van der Waals surface area contributed by atoms with Crippen molar-refractivity contribution in [1.82, 2.24) is 10.6 Å². The standard InChI is InChI=1S/C24H28N2O4.C24H26N2O4.C20H23NO3.C20H21NO2.C14H12BrNO2.C6H10O/c2*27-23(29-17-18-7-3-1-4-8-18)25-15-22-16-26(24(28)30-22)21-13-11-20(12-14-21)19-9-5-2-6-10-19;22-19(24-15-16-7-3-1-4-8-16)21-18-11-9-17(10-12-18)20(23)13-5-2-6-14-20;22-20(23-15-16-7-3-1-4-8-16)21-19-13-11-18(12-14-19)17-9-5-2-6-10-17;15-12-6-8-13(9-7-12)16-14(17)18-10-11-4-2-1-3-5-11;7-6-4-2-1-3-5-6/h1,3-4,7-8,11-14,19,22H,2,5-6,9-10,15-17H2,(H,25,27);1,3-4,7-9,11-14,22H,2,5-6,10,15-17H2,(H,25,27);1,3-4,7-12,23H,2,5-6,13-15H2,(H,21,22);1,3-4,7-9,11-14H,2,5-6,10,15H2,(H,21,22);1-9H,10H2,(H,16,17);1-5H2/t2*22-;;;;/m00..../s1. The number of ether oxygens (including phenoxy) is 7. The fraction of sp³-hybridized carbons (Fsp3) is 0.333. The normalized spacial score (nSPS) is 16.6. The highest BCUT2D eigenvalue weighted by molar-refractivity contribution is 9.10. The van der Waals surface area contributed by atoms with E-state index in [1.165, 1.54) is 105 Å². The van der Waals surface area contributed by atoms with Gasteiger partial charge in [0.25, 0.3) is 0 Å². The number of carbonyl (C=O) groups excluding carboxylic acids is 8. The summed E-state index contributed by atoms with van der Waals surface area (Å²) in [4.78, 5) is 97.3. The first kappa shape index (κ1) is 97.7. The average molecular weight is 1850 g/mol. The third-order valence-corrected chi connectivity index (χ3v) is 24.1. The molecule has 132 heavy (non-hydrogen) atoms. The first-order valence-electron chi connectivity index (χ1n) is 46.1. The van der Waals surface area contributed by atoms with Crippen molar-refractivity contribution in [3.8, 4) is 0 Å². The molecule has 7 aliphatic rings. The van der Waals surface area contributed by atoms with Crippen LogP contribution in [0, 0.1) is 0 Å². The van der Waals surface area contributed by atoms with Crippen LogP contribution in [0.15, 0.2) is 290 Å². The lowest BCUT2D eigenvalue weighted by molar-refractivity contribution is -0.120. The van der Waals surface area contributed by atoms with Crippen LogP contribution in [0.3, 0.4) is 0 Å². The summed E-state index contributed by atoms with van der Waals surface area (Å²) in [5.41, 5.74) is 15.3. The number of rotatable bonds is 23. The van der Waals surface area contributed by atoms with Crippen LogP contribution in [0.1, 0.15) is 204 Å². The van der Waals surface area contributed by atoms with Crippen molar-refractivity contribution in [2.45, 2.75) is 204 Å². The molecule has 10 aromatic carbocycles. The molecule has 5 fully saturated rings. The molecule has 7 amide bonds. The topological polar surface area (TPSA) is 288 Å². The summed E-state index contributed by atoms with van der Waals surface area (Å²) in [6.07, 6.45) is 26.8. The van der Waals surface area contributed by atoms with Crippen molar-refractivity contribution in [2.24, 2.45) is 0 Å². The molecule has 17 rings (SSSR count). The van der Waals surface area contributed by atoms with Gasteiger partial charge in [-0.1, -0.05) is 273 Å². The van der Waals surface area contributed by atoms with E-state index in [0.29, 0.717) is 36.2 Å². The lowest BCUT2D eigenvalue weighted by Crippen LogP contribution is -2.34. The van der Waals surface area contributed by atoms with Crippen molar-refractivity contribution < 1.29 is 76.6 Å². The summed E-state index contributed by atoms with van der Waals surface area (Å²) in [5.74, 6) is 1.10. The third-order valence-electron chi connectivity index (χ3n) is 23.5. The number of Topliss-reactive ketones (excluding diaryl/α,β-unsaturated/α-hetero) is 1. The lowest BCUT2D eigenvalue weighted by atomic mass is 9.80. The molecular weight excluding hydrogens is 1730 g/mol. The second kappa shape index (κ2) is 53.1. The van der Waals surface area contributed by atoms with Gasteiger partial charge in [-0.15, -0.1) is 0 Å². The van der Waals surface area contributed by atoms with Gasteiger partial charge in [0.15, 0.2) is 0 Å². The Bertz CT molecular complexity index is 5290. The smallest absolute Gasteiger partial charge is 0.414 e. The van der Waals surface area contributed by atoms with Crippen LogP contribution in [0.5, 0.6) is 0 Å². The number of aliphatic hydroxyl groups is 1. The maximum Gasteiger partial charge on any atom is 0.414 e. The number of cyclic esters (lactones) is 2. The molecule has 10 aromatic rings. The first-order valence-corrected chi connectivity index (χ1v) is 46.8. The molecule has 23 nitrogen and oxygen atoms in total. The molecule has 2 aliphatic heterocycles. The molecule has 0 bridgehead atoms. The van der Waals surface area contributed by atoms with Crippen molar-refractivity contribution in [3.63, 3.8) is 0 Å². The molecule has 0 radical (unpaired) electrons. The molecule has 24 heteroatoms. The minimum atomic E-state index is -0.718. The molecule has 2 heterocycles. The quantitative estimate of drug-likeness (QED) is 0.0325. The van der Waals surface area contributed by atoms with E-state index in [-0.39, 0.29) is 52.2 Å². The van der Waals surface area contributed by atoms with E-state index in [2.05, 4.69) is 91.1 Å². The van der Waals surface area contributed by atoms with Crippen LogP contribution >= 0.6 is 15.9 Å². The van der Waals surface area contributed by atoms with Crippen molar-refractivity contribution in [1.29, 1.82) is 0 Å². The number of halogens is 1. The maximum atomic E-state index is 12.3. The second-order valence-corrected chi connectivity index (χ2v) is 34.4. The van der Waals surface area contributed by atoms with Gasteiger partial charge in [0.2, 0.25) is 0 Å². The Morgan fingerprint density at radius 1 is 0.364 bits per heavy atom. The van der Waals surface area contributed by atoms with Crippen molar-refractivity contribution >= 4 is 104 Å². The number of allylic oxidation sites excluding steroid dienone is 4. The number of benzene rings is 10. The highest BCUT2D eigenvalue weighted by atomic mass is 79.9. The van der Waals surface area contributed by atoms with E-state index in [4.69, 9.17) is 33.2 Å². The SMILES string of the molecule is O=C(NC[C@H]1CN(c2ccc(C3=CCCCC3)cc2)C(=O)O1)OCc1ccccc1.O=C(NC[C@H]1CN(c2ccc(C3CCCCC3)cc2)C(=O)O1)OCc1ccccc1.O=C(Nc1ccc(Br)cc1)OCc1ccccc1.O=C(Nc1ccc(C2(O)CCCCC2)cc1)OCc1ccccc1.O=C(Nc1ccc(C2=CCCCC2)cc1)OCc1ccccc1.O=C1CCCCC1. The first-order chi connectivity index (χ1) is 64.5. The van der Waals surface area contributed by atoms with E-state index in [0.717, 1.165) is 126 Å². The average Bonchev–Trinajstić information content (AvgIpc) is 1.55. The van der Waals surface area contributed by atoms with Gasteiger partial charge in [-0.3, -0.25) is 30.5 Å². The lowest BCUT2D eigenvalue weighted by Gasteiger charge is -2.32. The number of hydrogen-bond acceptors (Lipinski definition) is 16. The number of hydrogen-bond donors (Lipinski definition) is 6. The molecule has 0 unspecified atom stereocenters. The van der Waals surface area contributed by atoms with Gasteiger partial charge in [0, 0.05) is 45.8 Å². The number of nitrogens with one attached hydrogen (secondary N) is 5. The summed E-state index contributed by atoms with van der Waals surface area (Å²) in [5, 5.41) is 24.2. The van der Waals surface area contributed by atoms with Crippen LogP contribution < -0.4 is 36.4 Å². The largest absolute Gasteiger partial charge is 0.445 e. The highest BCUT2D eigenvalue weighted by Crippen LogP contribution is 2.39. The minimum absolute atomic E-state index is 0.200. The number of nitrogens with zero attached hydrogens (tertiary/aromatic N) is 2. The maximum absolute atomic E-state index is 12.3.